The van der Waals surface area contributed by atoms with E-state index in [4.69, 9.17) is 4.18 Å². The van der Waals surface area contributed by atoms with Crippen LogP contribution >= 0.6 is 0 Å². The number of hydrogen-bond donors (Lipinski definition) is 1. The van der Waals surface area contributed by atoms with Crippen molar-refractivity contribution in [2.24, 2.45) is 0 Å². The Morgan fingerprint density at radius 1 is 1.24 bits per heavy atom. The normalized spacial score (nSPS) is 14.5. The van der Waals surface area contributed by atoms with Gasteiger partial charge in [-0.25, -0.2) is 0 Å². The molecule has 1 aromatic carbocycles. The Morgan fingerprint density at radius 3 is 2.33 bits per heavy atom. The van der Waals surface area contributed by atoms with Gasteiger partial charge in [-0.1, -0.05) is 49.1 Å². The SMILES string of the molecule is Cc1ccc(S(=O)(=O)OCC(O)C/C=C\[Si](C)(C)C)cc1. The molecule has 1 aromatic rings. The van der Waals surface area contributed by atoms with Crippen LogP contribution in [-0.2, 0) is 14.3 Å². The lowest BCUT2D eigenvalue weighted by atomic mass is 10.2. The minimum atomic E-state index is -3.80. The molecule has 0 aromatic heterocycles. The number of aliphatic hydroxyl groups excluding tert-OH is 1. The van der Waals surface area contributed by atoms with Crippen LogP contribution in [0.2, 0.25) is 19.6 Å². The standard InChI is InChI=1S/C15H24O4SSi/c1-13-7-9-15(10-8-13)20(17,18)19-12-14(16)6-5-11-21(2,3)4/h5,7-11,14,16H,6,12H2,1-4H3/b11-5-. The average Bonchev–Trinajstić information content (AvgIpc) is 2.35. The fraction of sp³-hybridized carbons (Fsp3) is 0.467. The molecule has 1 rings (SSSR count). The van der Waals surface area contributed by atoms with Crippen LogP contribution in [0.1, 0.15) is 12.0 Å². The second-order valence-electron chi connectivity index (χ2n) is 6.21. The number of hydrogen-bond acceptors (Lipinski definition) is 4. The molecule has 0 amide bonds. The summed E-state index contributed by atoms with van der Waals surface area (Å²) in [5.74, 6) is 0. The molecule has 4 nitrogen and oxygen atoms in total. The molecule has 1 N–H and O–H groups in total. The zero-order valence-electron chi connectivity index (χ0n) is 13.0. The highest BCUT2D eigenvalue weighted by Crippen LogP contribution is 2.14. The van der Waals surface area contributed by atoms with Crippen molar-refractivity contribution in [1.82, 2.24) is 0 Å². The minimum Gasteiger partial charge on any atom is -0.390 e. The highest BCUT2D eigenvalue weighted by molar-refractivity contribution is 7.86. The summed E-state index contributed by atoms with van der Waals surface area (Å²) >= 11 is 0. The molecule has 0 aliphatic carbocycles. The molecule has 0 bridgehead atoms. The van der Waals surface area contributed by atoms with Crippen LogP contribution in [0, 0.1) is 6.92 Å². The maximum Gasteiger partial charge on any atom is 0.297 e. The van der Waals surface area contributed by atoms with Gasteiger partial charge in [0.15, 0.2) is 0 Å². The Kier molecular flexibility index (Phi) is 6.34. The highest BCUT2D eigenvalue weighted by Gasteiger charge is 2.17. The van der Waals surface area contributed by atoms with Crippen molar-refractivity contribution >= 4 is 18.2 Å². The van der Waals surface area contributed by atoms with Crippen LogP contribution < -0.4 is 0 Å². The van der Waals surface area contributed by atoms with Gasteiger partial charge < -0.3 is 5.11 Å². The number of aryl methyl sites for hydroxylation is 1. The van der Waals surface area contributed by atoms with Crippen LogP contribution in [0.3, 0.4) is 0 Å². The minimum absolute atomic E-state index is 0.109. The third-order valence-corrected chi connectivity index (χ3v) is 5.28. The van der Waals surface area contributed by atoms with E-state index in [1.807, 2.05) is 13.0 Å². The molecule has 0 spiro atoms. The van der Waals surface area contributed by atoms with Crippen LogP contribution in [0.15, 0.2) is 40.9 Å². The van der Waals surface area contributed by atoms with Crippen molar-refractivity contribution in [2.45, 2.75) is 44.0 Å². The predicted molar refractivity (Wildman–Crippen MR) is 87.4 cm³/mol. The topological polar surface area (TPSA) is 63.6 Å². The first kappa shape index (κ1) is 18.1. The lowest BCUT2D eigenvalue weighted by Crippen LogP contribution is -2.19. The maximum atomic E-state index is 11.9. The van der Waals surface area contributed by atoms with Gasteiger partial charge in [-0.15, -0.1) is 0 Å². The second-order valence-corrected chi connectivity index (χ2v) is 12.9. The summed E-state index contributed by atoms with van der Waals surface area (Å²) in [6.45, 7) is 8.22. The monoisotopic (exact) mass is 328 g/mol. The first-order valence-corrected chi connectivity index (χ1v) is 11.9. The molecule has 0 radical (unpaired) electrons. The second kappa shape index (κ2) is 7.35. The Labute approximate surface area is 128 Å². The van der Waals surface area contributed by atoms with Crippen molar-refractivity contribution < 1.29 is 17.7 Å². The number of rotatable bonds is 7. The molecule has 1 atom stereocenters. The Hall–Kier alpha value is -0.953. The summed E-state index contributed by atoms with van der Waals surface area (Å²) in [6, 6.07) is 6.43. The summed E-state index contributed by atoms with van der Waals surface area (Å²) in [6.07, 6.45) is 1.48. The zero-order valence-corrected chi connectivity index (χ0v) is 14.9. The van der Waals surface area contributed by atoms with Gasteiger partial charge in [0.05, 0.1) is 25.7 Å². The number of aliphatic hydroxyl groups is 1. The third kappa shape index (κ3) is 7.04. The Bertz CT molecular complexity index is 571. The van der Waals surface area contributed by atoms with E-state index in [0.717, 1.165) is 5.56 Å². The van der Waals surface area contributed by atoms with E-state index in [0.29, 0.717) is 6.42 Å². The summed E-state index contributed by atoms with van der Waals surface area (Å²) in [4.78, 5) is 0.109. The third-order valence-electron chi connectivity index (χ3n) is 2.75. The fourth-order valence-corrected chi connectivity index (χ4v) is 3.37. The van der Waals surface area contributed by atoms with Gasteiger partial charge in [0.1, 0.15) is 0 Å². The van der Waals surface area contributed by atoms with E-state index in [2.05, 4.69) is 25.3 Å². The molecule has 118 valence electrons. The Morgan fingerprint density at radius 2 is 1.81 bits per heavy atom. The summed E-state index contributed by atoms with van der Waals surface area (Å²) < 4.78 is 28.8. The van der Waals surface area contributed by atoms with Crippen LogP contribution in [-0.4, -0.2) is 34.3 Å². The smallest absolute Gasteiger partial charge is 0.297 e. The van der Waals surface area contributed by atoms with Gasteiger partial charge in [0.25, 0.3) is 10.1 Å². The quantitative estimate of drug-likeness (QED) is 0.617. The van der Waals surface area contributed by atoms with E-state index in [1.54, 1.807) is 12.1 Å². The lowest BCUT2D eigenvalue weighted by Gasteiger charge is -2.11. The Balaban J connectivity index is 2.54. The summed E-state index contributed by atoms with van der Waals surface area (Å²) in [5.41, 5.74) is 3.09. The van der Waals surface area contributed by atoms with Gasteiger partial charge in [-0.2, -0.15) is 8.42 Å². The van der Waals surface area contributed by atoms with E-state index < -0.39 is 24.3 Å². The van der Waals surface area contributed by atoms with Crippen molar-refractivity contribution in [2.75, 3.05) is 6.61 Å². The van der Waals surface area contributed by atoms with Gasteiger partial charge in [0, 0.05) is 0 Å². The first-order valence-electron chi connectivity index (χ1n) is 6.92. The highest BCUT2D eigenvalue weighted by atomic mass is 32.2. The van der Waals surface area contributed by atoms with Crippen LogP contribution in [0.4, 0.5) is 0 Å². The fourth-order valence-electron chi connectivity index (χ4n) is 1.59. The molecule has 0 fully saturated rings. The molecule has 1 unspecified atom stereocenters. The van der Waals surface area contributed by atoms with Gasteiger partial charge >= 0.3 is 0 Å². The molecular weight excluding hydrogens is 304 g/mol. The van der Waals surface area contributed by atoms with Gasteiger partial charge in [-0.3, -0.25) is 4.18 Å². The van der Waals surface area contributed by atoms with Crippen molar-refractivity contribution in [3.05, 3.63) is 41.6 Å². The molecule has 21 heavy (non-hydrogen) atoms. The maximum absolute atomic E-state index is 11.9. The van der Waals surface area contributed by atoms with Crippen molar-refractivity contribution in [3.8, 4) is 0 Å². The summed E-state index contributed by atoms with van der Waals surface area (Å²) in [5, 5.41) is 9.78. The van der Waals surface area contributed by atoms with E-state index in [9.17, 15) is 13.5 Å². The van der Waals surface area contributed by atoms with Crippen LogP contribution in [0.5, 0.6) is 0 Å². The average molecular weight is 329 g/mol. The largest absolute Gasteiger partial charge is 0.390 e. The van der Waals surface area contributed by atoms with Gasteiger partial charge in [-0.05, 0) is 25.5 Å². The molecule has 0 aliphatic heterocycles. The van der Waals surface area contributed by atoms with E-state index in [-0.39, 0.29) is 11.5 Å². The summed E-state index contributed by atoms with van der Waals surface area (Å²) in [7, 11) is -5.09. The molecular formula is C15H24O4SSi. The first-order chi connectivity index (χ1) is 9.60. The van der Waals surface area contributed by atoms with Gasteiger partial charge in [0.2, 0.25) is 0 Å². The predicted octanol–water partition coefficient (Wildman–Crippen LogP) is 2.88. The van der Waals surface area contributed by atoms with E-state index in [1.165, 1.54) is 12.1 Å². The lowest BCUT2D eigenvalue weighted by molar-refractivity contribution is 0.113. The zero-order chi connectivity index (χ0) is 16.1. The number of benzene rings is 1. The molecule has 0 saturated carbocycles. The molecule has 0 heterocycles. The van der Waals surface area contributed by atoms with E-state index >= 15 is 0 Å². The molecule has 6 heteroatoms. The molecule has 0 saturated heterocycles. The molecule has 0 aliphatic rings. The van der Waals surface area contributed by atoms with Crippen molar-refractivity contribution in [3.63, 3.8) is 0 Å². The van der Waals surface area contributed by atoms with Crippen molar-refractivity contribution in [1.29, 1.82) is 0 Å². The van der Waals surface area contributed by atoms with Crippen LogP contribution in [0.25, 0.3) is 0 Å².